The SMILES string of the molecule is C=C1/C(=C\C=C\C2=C(C)CCCC=C2)N(C(C)=O)[C@@H](C)CN1C(=O)Oc1ccc(C)cc1OC. The number of hydrogen-bond donors (Lipinski definition) is 0. The average molecular weight is 463 g/mol. The van der Waals surface area contributed by atoms with Crippen LogP contribution in [0.5, 0.6) is 11.5 Å². The molecule has 0 aromatic heterocycles. The maximum Gasteiger partial charge on any atom is 0.420 e. The molecule has 0 bridgehead atoms. The van der Waals surface area contributed by atoms with Crippen molar-refractivity contribution in [2.45, 2.75) is 53.0 Å². The van der Waals surface area contributed by atoms with E-state index in [2.05, 4.69) is 25.7 Å². The van der Waals surface area contributed by atoms with E-state index in [1.807, 2.05) is 44.2 Å². The van der Waals surface area contributed by atoms with Gasteiger partial charge in [0.1, 0.15) is 0 Å². The Morgan fingerprint density at radius 1 is 1.21 bits per heavy atom. The van der Waals surface area contributed by atoms with Crippen LogP contribution in [0.4, 0.5) is 4.79 Å². The van der Waals surface area contributed by atoms with Crippen molar-refractivity contribution in [2.75, 3.05) is 13.7 Å². The Balaban J connectivity index is 1.88. The van der Waals surface area contributed by atoms with E-state index in [-0.39, 0.29) is 18.5 Å². The lowest BCUT2D eigenvalue weighted by atomic mass is 10.1. The van der Waals surface area contributed by atoms with Gasteiger partial charge in [-0.3, -0.25) is 9.69 Å². The summed E-state index contributed by atoms with van der Waals surface area (Å²) in [7, 11) is 1.53. The largest absolute Gasteiger partial charge is 0.493 e. The van der Waals surface area contributed by atoms with Crippen molar-refractivity contribution in [3.8, 4) is 11.5 Å². The number of aryl methyl sites for hydroxylation is 1. The van der Waals surface area contributed by atoms with Crippen molar-refractivity contribution < 1.29 is 19.1 Å². The Labute approximate surface area is 202 Å². The van der Waals surface area contributed by atoms with Crippen LogP contribution in [0.2, 0.25) is 0 Å². The fourth-order valence-electron chi connectivity index (χ4n) is 4.24. The summed E-state index contributed by atoms with van der Waals surface area (Å²) in [6.07, 6.45) is 12.8. The number of nitrogens with zero attached hydrogens (tertiary/aromatic N) is 2. The van der Waals surface area contributed by atoms with Gasteiger partial charge in [0.25, 0.3) is 0 Å². The Kier molecular flexibility index (Phi) is 8.16. The molecule has 1 aromatic carbocycles. The van der Waals surface area contributed by atoms with Gasteiger partial charge in [0.2, 0.25) is 5.91 Å². The van der Waals surface area contributed by atoms with Crippen LogP contribution in [0.3, 0.4) is 0 Å². The summed E-state index contributed by atoms with van der Waals surface area (Å²) < 4.78 is 11.0. The molecule has 1 heterocycles. The molecule has 0 N–H and O–H groups in total. The Hall–Kier alpha value is -3.54. The van der Waals surface area contributed by atoms with Crippen LogP contribution < -0.4 is 9.47 Å². The molecule has 1 aliphatic heterocycles. The average Bonchev–Trinajstić information content (AvgIpc) is 3.00. The van der Waals surface area contributed by atoms with Crippen molar-refractivity contribution in [1.29, 1.82) is 0 Å². The van der Waals surface area contributed by atoms with Crippen molar-refractivity contribution in [1.82, 2.24) is 9.80 Å². The summed E-state index contributed by atoms with van der Waals surface area (Å²) in [6.45, 7) is 11.9. The first-order valence-electron chi connectivity index (χ1n) is 11.6. The van der Waals surface area contributed by atoms with Crippen LogP contribution in [0, 0.1) is 6.92 Å². The van der Waals surface area contributed by atoms with E-state index in [0.29, 0.717) is 22.9 Å². The molecule has 2 amide bonds. The van der Waals surface area contributed by atoms with Crippen LogP contribution in [0.1, 0.15) is 45.6 Å². The molecular weight excluding hydrogens is 428 g/mol. The number of piperazine rings is 1. The first-order chi connectivity index (χ1) is 16.2. The van der Waals surface area contributed by atoms with Crippen molar-refractivity contribution in [2.24, 2.45) is 0 Å². The topological polar surface area (TPSA) is 59.1 Å². The summed E-state index contributed by atoms with van der Waals surface area (Å²) in [4.78, 5) is 28.7. The number of carbonyl (C=O) groups excluding carboxylic acids is 2. The summed E-state index contributed by atoms with van der Waals surface area (Å²) >= 11 is 0. The summed E-state index contributed by atoms with van der Waals surface area (Å²) in [5, 5.41) is 0. The molecule has 0 radical (unpaired) electrons. The van der Waals surface area contributed by atoms with Gasteiger partial charge in [-0.15, -0.1) is 0 Å². The molecule has 6 heteroatoms. The predicted molar refractivity (Wildman–Crippen MR) is 134 cm³/mol. The molecule has 3 rings (SSSR count). The summed E-state index contributed by atoms with van der Waals surface area (Å²) in [5.74, 6) is 0.708. The molecule has 0 saturated carbocycles. The number of benzene rings is 1. The highest BCUT2D eigenvalue weighted by atomic mass is 16.6. The van der Waals surface area contributed by atoms with Gasteiger partial charge >= 0.3 is 6.09 Å². The predicted octanol–water partition coefficient (Wildman–Crippen LogP) is 6.07. The number of ether oxygens (including phenoxy) is 2. The van der Waals surface area contributed by atoms with E-state index >= 15 is 0 Å². The molecule has 1 aromatic rings. The zero-order valence-corrected chi connectivity index (χ0v) is 20.8. The third-order valence-corrected chi connectivity index (χ3v) is 6.09. The maximum absolute atomic E-state index is 13.1. The molecule has 1 atom stereocenters. The molecular formula is C28H34N2O4. The molecule has 180 valence electrons. The second kappa shape index (κ2) is 11.1. The summed E-state index contributed by atoms with van der Waals surface area (Å²) in [6, 6.07) is 5.13. The van der Waals surface area contributed by atoms with E-state index in [4.69, 9.17) is 9.47 Å². The molecule has 1 aliphatic carbocycles. The smallest absolute Gasteiger partial charge is 0.420 e. The number of rotatable bonds is 4. The van der Waals surface area contributed by atoms with Gasteiger partial charge in [-0.2, -0.15) is 0 Å². The normalized spacial score (nSPS) is 20.2. The third kappa shape index (κ3) is 5.68. The molecule has 0 spiro atoms. The Bertz CT molecular complexity index is 1090. The minimum Gasteiger partial charge on any atom is -0.493 e. The van der Waals surface area contributed by atoms with E-state index in [9.17, 15) is 9.59 Å². The molecule has 6 nitrogen and oxygen atoms in total. The van der Waals surface area contributed by atoms with Crippen LogP contribution >= 0.6 is 0 Å². The molecule has 34 heavy (non-hydrogen) atoms. The standard InChI is InChI=1S/C28H34N2O4/c1-19-15-16-26(27(17-19)33-6)34-28(32)29-18-21(3)30(23(5)31)25(22(29)4)14-10-13-24-12-9-7-8-11-20(24)2/h9-10,12-17,21H,4,7-8,11,18H2,1-3,5-6H3/b13-10+,25-14+/t21-/m0/s1. The highest BCUT2D eigenvalue weighted by molar-refractivity contribution is 5.80. The van der Waals surface area contributed by atoms with Gasteiger partial charge in [-0.05, 0) is 69.4 Å². The van der Waals surface area contributed by atoms with E-state index < -0.39 is 6.09 Å². The van der Waals surface area contributed by atoms with Gasteiger partial charge in [-0.25, -0.2) is 4.79 Å². The fourth-order valence-corrected chi connectivity index (χ4v) is 4.24. The third-order valence-electron chi connectivity index (χ3n) is 6.09. The van der Waals surface area contributed by atoms with Crippen molar-refractivity contribution >= 4 is 12.0 Å². The zero-order chi connectivity index (χ0) is 24.8. The van der Waals surface area contributed by atoms with Gasteiger partial charge in [-0.1, -0.05) is 42.5 Å². The van der Waals surface area contributed by atoms with E-state index in [0.717, 1.165) is 24.8 Å². The minimum absolute atomic E-state index is 0.105. The molecule has 1 fully saturated rings. The summed E-state index contributed by atoms with van der Waals surface area (Å²) in [5.41, 5.74) is 4.48. The van der Waals surface area contributed by atoms with E-state index in [1.54, 1.807) is 11.0 Å². The zero-order valence-electron chi connectivity index (χ0n) is 20.8. The van der Waals surface area contributed by atoms with E-state index in [1.165, 1.54) is 30.1 Å². The first kappa shape index (κ1) is 25.1. The van der Waals surface area contributed by atoms with Crippen molar-refractivity contribution in [3.63, 3.8) is 0 Å². The number of methoxy groups -OCH3 is 1. The number of allylic oxidation sites excluding steroid dienone is 7. The highest BCUT2D eigenvalue weighted by Gasteiger charge is 2.36. The monoisotopic (exact) mass is 462 g/mol. The lowest BCUT2D eigenvalue weighted by molar-refractivity contribution is -0.129. The van der Waals surface area contributed by atoms with Crippen molar-refractivity contribution in [3.05, 3.63) is 83.3 Å². The lowest BCUT2D eigenvalue weighted by Crippen LogP contribution is -2.52. The second-order valence-electron chi connectivity index (χ2n) is 8.76. The van der Waals surface area contributed by atoms with Crippen LogP contribution in [-0.4, -0.2) is 41.5 Å². The number of carbonyl (C=O) groups is 2. The second-order valence-corrected chi connectivity index (χ2v) is 8.76. The first-order valence-corrected chi connectivity index (χ1v) is 11.6. The molecule has 0 unspecified atom stereocenters. The Morgan fingerprint density at radius 2 is 1.97 bits per heavy atom. The van der Waals surface area contributed by atoms with Crippen LogP contribution in [0.15, 0.2) is 77.7 Å². The lowest BCUT2D eigenvalue weighted by Gasteiger charge is -2.41. The maximum atomic E-state index is 13.1. The van der Waals surface area contributed by atoms with Gasteiger partial charge in [0, 0.05) is 13.5 Å². The van der Waals surface area contributed by atoms with Gasteiger partial charge in [0.15, 0.2) is 11.5 Å². The van der Waals surface area contributed by atoms with Gasteiger partial charge in [0.05, 0.1) is 24.5 Å². The highest BCUT2D eigenvalue weighted by Crippen LogP contribution is 2.32. The fraction of sp³-hybridized carbons (Fsp3) is 0.357. The quantitative estimate of drug-likeness (QED) is 0.545. The molecule has 2 aliphatic rings. The number of hydrogen-bond acceptors (Lipinski definition) is 4. The minimum atomic E-state index is -0.567. The molecule has 1 saturated heterocycles. The van der Waals surface area contributed by atoms with Crippen LogP contribution in [0.25, 0.3) is 0 Å². The van der Waals surface area contributed by atoms with Crippen LogP contribution in [-0.2, 0) is 4.79 Å². The Morgan fingerprint density at radius 3 is 2.68 bits per heavy atom. The van der Waals surface area contributed by atoms with Gasteiger partial charge < -0.3 is 14.4 Å². The number of amides is 2.